The van der Waals surface area contributed by atoms with Crippen molar-refractivity contribution in [3.05, 3.63) is 0 Å². The molecule has 0 aromatic carbocycles. The molecule has 4 nitrogen and oxygen atoms in total. The van der Waals surface area contributed by atoms with Crippen LogP contribution in [0.25, 0.3) is 0 Å². The summed E-state index contributed by atoms with van der Waals surface area (Å²) in [7, 11) is 0. The SMILES string of the molecule is CC(Cl)C(=O)N1CCCC2(C1)OCCO2. The van der Waals surface area contributed by atoms with Crippen molar-refractivity contribution >= 4 is 17.5 Å². The molecule has 86 valence electrons. The molecule has 1 amide bonds. The Morgan fingerprint density at radius 2 is 2.13 bits per heavy atom. The van der Waals surface area contributed by atoms with E-state index in [1.165, 1.54) is 0 Å². The molecule has 5 heteroatoms. The van der Waals surface area contributed by atoms with E-state index in [1.807, 2.05) is 0 Å². The first kappa shape index (κ1) is 11.2. The number of rotatable bonds is 1. The van der Waals surface area contributed by atoms with Crippen molar-refractivity contribution in [1.29, 1.82) is 0 Å². The standard InChI is InChI=1S/C10H16ClNO3/c1-8(11)9(13)12-4-2-3-10(7-12)14-5-6-15-10/h8H,2-7H2,1H3. The number of alkyl halides is 1. The molecule has 1 atom stereocenters. The fraction of sp³-hybridized carbons (Fsp3) is 0.900. The fourth-order valence-electron chi connectivity index (χ4n) is 2.16. The van der Waals surface area contributed by atoms with Gasteiger partial charge in [0, 0.05) is 13.0 Å². The van der Waals surface area contributed by atoms with Crippen molar-refractivity contribution < 1.29 is 14.3 Å². The Balaban J connectivity index is 2.00. The molecule has 0 N–H and O–H groups in total. The van der Waals surface area contributed by atoms with Crippen LogP contribution in [0.3, 0.4) is 0 Å². The number of carbonyl (C=O) groups is 1. The highest BCUT2D eigenvalue weighted by atomic mass is 35.5. The Morgan fingerprint density at radius 3 is 2.73 bits per heavy atom. The molecule has 0 aliphatic carbocycles. The highest BCUT2D eigenvalue weighted by molar-refractivity contribution is 6.30. The number of hydrogen-bond donors (Lipinski definition) is 0. The molecule has 15 heavy (non-hydrogen) atoms. The number of piperidine rings is 1. The van der Waals surface area contributed by atoms with Crippen molar-refractivity contribution in [1.82, 2.24) is 4.90 Å². The van der Waals surface area contributed by atoms with E-state index in [9.17, 15) is 4.79 Å². The highest BCUT2D eigenvalue weighted by Crippen LogP contribution is 2.30. The van der Waals surface area contributed by atoms with Crippen LogP contribution in [0.15, 0.2) is 0 Å². The Hall–Kier alpha value is -0.320. The van der Waals surface area contributed by atoms with Gasteiger partial charge in [0.05, 0.1) is 19.8 Å². The lowest BCUT2D eigenvalue weighted by molar-refractivity contribution is -0.192. The fourth-order valence-corrected chi connectivity index (χ4v) is 2.30. The molecule has 0 aromatic heterocycles. The molecular formula is C10H16ClNO3. The number of likely N-dealkylation sites (tertiary alicyclic amines) is 1. The van der Waals surface area contributed by atoms with Crippen LogP contribution in [-0.4, -0.2) is 48.3 Å². The zero-order chi connectivity index (χ0) is 10.9. The van der Waals surface area contributed by atoms with Gasteiger partial charge in [0.1, 0.15) is 5.38 Å². The lowest BCUT2D eigenvalue weighted by Crippen LogP contribution is -2.52. The lowest BCUT2D eigenvalue weighted by Gasteiger charge is -2.38. The van der Waals surface area contributed by atoms with Crippen LogP contribution in [0.2, 0.25) is 0 Å². The highest BCUT2D eigenvalue weighted by Gasteiger charge is 2.42. The minimum atomic E-state index is -0.542. The number of nitrogens with zero attached hydrogens (tertiary/aromatic N) is 1. The van der Waals surface area contributed by atoms with Gasteiger partial charge in [0.2, 0.25) is 5.91 Å². The van der Waals surface area contributed by atoms with Gasteiger partial charge in [-0.3, -0.25) is 4.79 Å². The monoisotopic (exact) mass is 233 g/mol. The first-order valence-corrected chi connectivity index (χ1v) is 5.77. The van der Waals surface area contributed by atoms with Crippen molar-refractivity contribution in [3.63, 3.8) is 0 Å². The second kappa shape index (κ2) is 4.28. The molecule has 2 rings (SSSR count). The van der Waals surface area contributed by atoms with Crippen LogP contribution in [0.4, 0.5) is 0 Å². The molecule has 1 unspecified atom stereocenters. The number of hydrogen-bond acceptors (Lipinski definition) is 3. The minimum Gasteiger partial charge on any atom is -0.346 e. The smallest absolute Gasteiger partial charge is 0.240 e. The predicted octanol–water partition coefficient (Wildman–Crippen LogP) is 0.979. The molecule has 2 saturated heterocycles. The third-order valence-corrected chi connectivity index (χ3v) is 3.07. The number of halogens is 1. The number of ether oxygens (including phenoxy) is 2. The van der Waals surface area contributed by atoms with E-state index in [0.29, 0.717) is 19.8 Å². The van der Waals surface area contributed by atoms with Gasteiger partial charge in [-0.2, -0.15) is 0 Å². The maximum absolute atomic E-state index is 11.7. The average Bonchev–Trinajstić information content (AvgIpc) is 2.65. The summed E-state index contributed by atoms with van der Waals surface area (Å²) in [6.45, 7) is 4.21. The first-order chi connectivity index (χ1) is 7.13. The summed E-state index contributed by atoms with van der Waals surface area (Å²) in [5.74, 6) is -0.575. The van der Waals surface area contributed by atoms with Crippen LogP contribution >= 0.6 is 11.6 Å². The predicted molar refractivity (Wildman–Crippen MR) is 55.8 cm³/mol. The quantitative estimate of drug-likeness (QED) is 0.634. The molecule has 0 radical (unpaired) electrons. The Morgan fingerprint density at radius 1 is 1.47 bits per heavy atom. The summed E-state index contributed by atoms with van der Waals surface area (Å²) in [5.41, 5.74) is 0. The average molecular weight is 234 g/mol. The zero-order valence-corrected chi connectivity index (χ0v) is 9.63. The van der Waals surface area contributed by atoms with E-state index in [-0.39, 0.29) is 5.91 Å². The minimum absolute atomic E-state index is 0.0326. The van der Waals surface area contributed by atoms with Crippen molar-refractivity contribution in [2.75, 3.05) is 26.3 Å². The summed E-state index contributed by atoms with van der Waals surface area (Å²) in [4.78, 5) is 13.5. The van der Waals surface area contributed by atoms with Crippen molar-refractivity contribution in [2.24, 2.45) is 0 Å². The van der Waals surface area contributed by atoms with E-state index in [2.05, 4.69) is 0 Å². The van der Waals surface area contributed by atoms with Crippen LogP contribution in [0.1, 0.15) is 19.8 Å². The maximum atomic E-state index is 11.7. The summed E-state index contributed by atoms with van der Waals surface area (Å²) in [6, 6.07) is 0. The lowest BCUT2D eigenvalue weighted by atomic mass is 10.0. The normalized spacial score (nSPS) is 26.9. The van der Waals surface area contributed by atoms with Crippen LogP contribution in [0.5, 0.6) is 0 Å². The van der Waals surface area contributed by atoms with Gasteiger partial charge >= 0.3 is 0 Å². The largest absolute Gasteiger partial charge is 0.346 e. The maximum Gasteiger partial charge on any atom is 0.240 e. The molecule has 2 heterocycles. The van der Waals surface area contributed by atoms with Gasteiger partial charge in [-0.05, 0) is 13.3 Å². The van der Waals surface area contributed by atoms with Gasteiger partial charge in [0.25, 0.3) is 0 Å². The van der Waals surface area contributed by atoms with E-state index >= 15 is 0 Å². The van der Waals surface area contributed by atoms with Gasteiger partial charge in [-0.15, -0.1) is 11.6 Å². The molecular weight excluding hydrogens is 218 g/mol. The second-order valence-electron chi connectivity index (χ2n) is 4.09. The summed E-state index contributed by atoms with van der Waals surface area (Å²) in [6.07, 6.45) is 1.78. The van der Waals surface area contributed by atoms with Gasteiger partial charge < -0.3 is 14.4 Å². The third-order valence-electron chi connectivity index (χ3n) is 2.88. The van der Waals surface area contributed by atoms with Crippen LogP contribution in [-0.2, 0) is 14.3 Å². The molecule has 2 aliphatic rings. The topological polar surface area (TPSA) is 38.8 Å². The van der Waals surface area contributed by atoms with E-state index in [1.54, 1.807) is 11.8 Å². The molecule has 0 aromatic rings. The van der Waals surface area contributed by atoms with Crippen LogP contribution < -0.4 is 0 Å². The molecule has 2 aliphatic heterocycles. The number of amides is 1. The Labute approximate surface area is 94.5 Å². The van der Waals surface area contributed by atoms with Gasteiger partial charge in [-0.25, -0.2) is 0 Å². The van der Waals surface area contributed by atoms with Crippen LogP contribution in [0, 0.1) is 0 Å². The molecule has 2 fully saturated rings. The van der Waals surface area contributed by atoms with Crippen molar-refractivity contribution in [2.45, 2.75) is 30.9 Å². The summed E-state index contributed by atoms with van der Waals surface area (Å²) >= 11 is 5.78. The van der Waals surface area contributed by atoms with Crippen molar-refractivity contribution in [3.8, 4) is 0 Å². The zero-order valence-electron chi connectivity index (χ0n) is 8.87. The Bertz CT molecular complexity index is 251. The van der Waals surface area contributed by atoms with E-state index in [4.69, 9.17) is 21.1 Å². The Kier molecular flexibility index (Phi) is 3.19. The summed E-state index contributed by atoms with van der Waals surface area (Å²) in [5, 5.41) is -0.471. The van der Waals surface area contributed by atoms with E-state index < -0.39 is 11.2 Å². The summed E-state index contributed by atoms with van der Waals surface area (Å²) < 4.78 is 11.2. The third kappa shape index (κ3) is 2.27. The molecule has 0 bridgehead atoms. The van der Waals surface area contributed by atoms with Gasteiger partial charge in [0.15, 0.2) is 5.79 Å². The second-order valence-corrected chi connectivity index (χ2v) is 4.74. The molecule has 1 spiro atoms. The van der Waals surface area contributed by atoms with Gasteiger partial charge in [-0.1, -0.05) is 0 Å². The molecule has 0 saturated carbocycles. The van der Waals surface area contributed by atoms with E-state index in [0.717, 1.165) is 19.4 Å². The first-order valence-electron chi connectivity index (χ1n) is 5.34. The number of carbonyl (C=O) groups excluding carboxylic acids is 1.